The Hall–Kier alpha value is -1.04. The second kappa shape index (κ2) is 7.32. The molecule has 0 radical (unpaired) electrons. The molecule has 4 nitrogen and oxygen atoms in total. The van der Waals surface area contributed by atoms with E-state index in [0.717, 1.165) is 6.42 Å². The van der Waals surface area contributed by atoms with Crippen molar-refractivity contribution in [3.05, 3.63) is 24.3 Å². The van der Waals surface area contributed by atoms with Gasteiger partial charge in [0.1, 0.15) is 12.4 Å². The van der Waals surface area contributed by atoms with Gasteiger partial charge in [-0.05, 0) is 30.9 Å². The molecule has 2 N–H and O–H groups in total. The molecule has 1 rings (SSSR count). The lowest BCUT2D eigenvalue weighted by molar-refractivity contribution is 0.0427. The SMILES string of the molecule is CCC(C)OCCOc1ccc(B(O)O)cc1. The van der Waals surface area contributed by atoms with E-state index >= 15 is 0 Å². The van der Waals surface area contributed by atoms with E-state index in [2.05, 4.69) is 6.92 Å². The number of hydrogen-bond acceptors (Lipinski definition) is 4. The van der Waals surface area contributed by atoms with Gasteiger partial charge >= 0.3 is 7.12 Å². The van der Waals surface area contributed by atoms with Gasteiger partial charge in [-0.25, -0.2) is 0 Å². The van der Waals surface area contributed by atoms with Crippen LogP contribution < -0.4 is 10.2 Å². The van der Waals surface area contributed by atoms with Crippen LogP contribution in [0.15, 0.2) is 24.3 Å². The first kappa shape index (κ1) is 14.0. The average Bonchev–Trinajstić information content (AvgIpc) is 2.34. The van der Waals surface area contributed by atoms with Crippen LogP contribution in [0.2, 0.25) is 0 Å². The van der Waals surface area contributed by atoms with Gasteiger partial charge < -0.3 is 19.5 Å². The molecule has 0 saturated carbocycles. The third kappa shape index (κ3) is 5.21. The Labute approximate surface area is 102 Å². The maximum atomic E-state index is 8.91. The van der Waals surface area contributed by atoms with Crippen molar-refractivity contribution in [1.29, 1.82) is 0 Å². The van der Waals surface area contributed by atoms with Crippen LogP contribution in [0.25, 0.3) is 0 Å². The van der Waals surface area contributed by atoms with Crippen molar-refractivity contribution in [2.24, 2.45) is 0 Å². The summed E-state index contributed by atoms with van der Waals surface area (Å²) in [7, 11) is -1.43. The van der Waals surface area contributed by atoms with E-state index in [-0.39, 0.29) is 6.10 Å². The molecule has 0 aliphatic rings. The normalized spacial score (nSPS) is 12.2. The molecule has 0 fully saturated rings. The van der Waals surface area contributed by atoms with Crippen molar-refractivity contribution in [2.75, 3.05) is 13.2 Å². The Balaban J connectivity index is 2.28. The van der Waals surface area contributed by atoms with Gasteiger partial charge in [-0.2, -0.15) is 0 Å². The molecule has 5 heteroatoms. The van der Waals surface area contributed by atoms with Crippen molar-refractivity contribution in [2.45, 2.75) is 26.4 Å². The van der Waals surface area contributed by atoms with E-state index in [4.69, 9.17) is 19.5 Å². The molecular formula is C12H19BO4. The van der Waals surface area contributed by atoms with Gasteiger partial charge in [-0.3, -0.25) is 0 Å². The first-order chi connectivity index (χ1) is 8.13. The van der Waals surface area contributed by atoms with E-state index in [1.165, 1.54) is 0 Å². The van der Waals surface area contributed by atoms with Crippen molar-refractivity contribution in [1.82, 2.24) is 0 Å². The Kier molecular flexibility index (Phi) is 6.04. The molecule has 0 aromatic heterocycles. The predicted molar refractivity (Wildman–Crippen MR) is 67.5 cm³/mol. The average molecular weight is 238 g/mol. The van der Waals surface area contributed by atoms with E-state index in [9.17, 15) is 0 Å². The number of hydrogen-bond donors (Lipinski definition) is 2. The van der Waals surface area contributed by atoms with Crippen molar-refractivity contribution >= 4 is 12.6 Å². The lowest BCUT2D eigenvalue weighted by Crippen LogP contribution is -2.29. The van der Waals surface area contributed by atoms with Gasteiger partial charge in [-0.1, -0.05) is 19.1 Å². The summed E-state index contributed by atoms with van der Waals surface area (Å²) in [6, 6.07) is 6.65. The summed E-state index contributed by atoms with van der Waals surface area (Å²) in [6.07, 6.45) is 1.24. The van der Waals surface area contributed by atoms with Gasteiger partial charge in [0.2, 0.25) is 0 Å². The molecule has 17 heavy (non-hydrogen) atoms. The molecule has 1 atom stereocenters. The monoisotopic (exact) mass is 238 g/mol. The smallest absolute Gasteiger partial charge is 0.488 e. The Morgan fingerprint density at radius 3 is 2.35 bits per heavy atom. The Morgan fingerprint density at radius 2 is 1.82 bits per heavy atom. The minimum Gasteiger partial charge on any atom is -0.491 e. The summed E-state index contributed by atoms with van der Waals surface area (Å²) >= 11 is 0. The molecule has 0 aliphatic heterocycles. The van der Waals surface area contributed by atoms with Gasteiger partial charge in [0.25, 0.3) is 0 Å². The molecule has 1 unspecified atom stereocenters. The van der Waals surface area contributed by atoms with Gasteiger partial charge in [0, 0.05) is 0 Å². The van der Waals surface area contributed by atoms with Gasteiger partial charge in [0.15, 0.2) is 0 Å². The summed E-state index contributed by atoms with van der Waals surface area (Å²) in [5, 5.41) is 17.8. The topological polar surface area (TPSA) is 58.9 Å². The molecule has 0 amide bonds. The highest BCUT2D eigenvalue weighted by Gasteiger charge is 2.09. The molecule has 0 saturated heterocycles. The fourth-order valence-electron chi connectivity index (χ4n) is 1.26. The zero-order chi connectivity index (χ0) is 12.7. The van der Waals surface area contributed by atoms with E-state index in [0.29, 0.717) is 24.4 Å². The Morgan fingerprint density at radius 1 is 1.18 bits per heavy atom. The highest BCUT2D eigenvalue weighted by Crippen LogP contribution is 2.07. The maximum Gasteiger partial charge on any atom is 0.488 e. The van der Waals surface area contributed by atoms with Crippen LogP contribution in [0, 0.1) is 0 Å². The second-order valence-corrected chi connectivity index (χ2v) is 3.88. The van der Waals surface area contributed by atoms with Crippen molar-refractivity contribution < 1.29 is 19.5 Å². The van der Waals surface area contributed by atoms with Gasteiger partial charge in [-0.15, -0.1) is 0 Å². The second-order valence-electron chi connectivity index (χ2n) is 3.88. The standard InChI is InChI=1S/C12H19BO4/c1-3-10(2)16-8-9-17-12-6-4-11(5-7-12)13(14)15/h4-7,10,14-15H,3,8-9H2,1-2H3. The van der Waals surface area contributed by atoms with Crippen LogP contribution in [-0.2, 0) is 4.74 Å². The fraction of sp³-hybridized carbons (Fsp3) is 0.500. The summed E-state index contributed by atoms with van der Waals surface area (Å²) < 4.78 is 10.9. The maximum absolute atomic E-state index is 8.91. The highest BCUT2D eigenvalue weighted by atomic mass is 16.5. The number of rotatable bonds is 7. The molecule has 1 aromatic rings. The zero-order valence-corrected chi connectivity index (χ0v) is 10.3. The predicted octanol–water partition coefficient (Wildman–Crippen LogP) is 0.560. The van der Waals surface area contributed by atoms with Crippen LogP contribution >= 0.6 is 0 Å². The minimum absolute atomic E-state index is 0.255. The van der Waals surface area contributed by atoms with Crippen LogP contribution in [0.5, 0.6) is 5.75 Å². The van der Waals surface area contributed by atoms with Crippen molar-refractivity contribution in [3.8, 4) is 5.75 Å². The van der Waals surface area contributed by atoms with Gasteiger partial charge in [0.05, 0.1) is 12.7 Å². The molecular weight excluding hydrogens is 219 g/mol. The van der Waals surface area contributed by atoms with Crippen LogP contribution in [0.1, 0.15) is 20.3 Å². The van der Waals surface area contributed by atoms with E-state index < -0.39 is 7.12 Å². The lowest BCUT2D eigenvalue weighted by Gasteiger charge is -2.11. The van der Waals surface area contributed by atoms with Crippen LogP contribution in [-0.4, -0.2) is 36.5 Å². The molecule has 1 aromatic carbocycles. The number of benzene rings is 1. The first-order valence-corrected chi connectivity index (χ1v) is 5.84. The Bertz CT molecular complexity index is 313. The van der Waals surface area contributed by atoms with Crippen LogP contribution in [0.4, 0.5) is 0 Å². The molecule has 0 spiro atoms. The summed E-state index contributed by atoms with van der Waals surface area (Å²) in [5.41, 5.74) is 0.452. The lowest BCUT2D eigenvalue weighted by atomic mass is 9.80. The third-order valence-electron chi connectivity index (χ3n) is 2.51. The minimum atomic E-state index is -1.43. The summed E-state index contributed by atoms with van der Waals surface area (Å²) in [4.78, 5) is 0. The molecule has 0 heterocycles. The summed E-state index contributed by atoms with van der Waals surface area (Å²) in [6.45, 7) is 5.15. The molecule has 0 bridgehead atoms. The molecule has 94 valence electrons. The largest absolute Gasteiger partial charge is 0.491 e. The van der Waals surface area contributed by atoms with E-state index in [1.54, 1.807) is 24.3 Å². The van der Waals surface area contributed by atoms with E-state index in [1.807, 2.05) is 6.92 Å². The summed E-state index contributed by atoms with van der Waals surface area (Å²) in [5.74, 6) is 0.696. The third-order valence-corrected chi connectivity index (χ3v) is 2.51. The highest BCUT2D eigenvalue weighted by molar-refractivity contribution is 6.58. The van der Waals surface area contributed by atoms with Crippen LogP contribution in [0.3, 0.4) is 0 Å². The number of ether oxygens (including phenoxy) is 2. The molecule has 0 aliphatic carbocycles. The van der Waals surface area contributed by atoms with Crippen molar-refractivity contribution in [3.63, 3.8) is 0 Å². The quantitative estimate of drug-likeness (QED) is 0.538. The zero-order valence-electron chi connectivity index (χ0n) is 10.3. The fourth-order valence-corrected chi connectivity index (χ4v) is 1.26. The first-order valence-electron chi connectivity index (χ1n) is 5.84.